The molecule has 0 bridgehead atoms. The Bertz CT molecular complexity index is 443. The lowest BCUT2D eigenvalue weighted by Crippen LogP contribution is -1.98. The van der Waals surface area contributed by atoms with Gasteiger partial charge >= 0.3 is 0 Å². The van der Waals surface area contributed by atoms with Gasteiger partial charge in [0.25, 0.3) is 0 Å². The van der Waals surface area contributed by atoms with Crippen LogP contribution in [0.5, 0.6) is 0 Å². The van der Waals surface area contributed by atoms with Crippen molar-refractivity contribution in [1.29, 1.82) is 0 Å². The SMILES string of the molecule is [CH2]c1ccc(-c2ccccc2CN)cc1. The van der Waals surface area contributed by atoms with E-state index in [0.29, 0.717) is 6.54 Å². The van der Waals surface area contributed by atoms with E-state index in [1.165, 1.54) is 16.7 Å². The highest BCUT2D eigenvalue weighted by Crippen LogP contribution is 2.23. The molecule has 1 nitrogen and oxygen atoms in total. The largest absolute Gasteiger partial charge is 0.326 e. The van der Waals surface area contributed by atoms with Crippen molar-refractivity contribution in [2.24, 2.45) is 5.73 Å². The van der Waals surface area contributed by atoms with E-state index in [9.17, 15) is 0 Å². The van der Waals surface area contributed by atoms with Crippen LogP contribution < -0.4 is 5.73 Å². The van der Waals surface area contributed by atoms with E-state index in [1.54, 1.807) is 0 Å². The van der Waals surface area contributed by atoms with Crippen molar-refractivity contribution in [3.63, 3.8) is 0 Å². The molecule has 1 radical (unpaired) electrons. The topological polar surface area (TPSA) is 26.0 Å². The predicted molar refractivity (Wildman–Crippen MR) is 64.2 cm³/mol. The lowest BCUT2D eigenvalue weighted by atomic mass is 9.99. The molecule has 0 saturated heterocycles. The number of hydrogen-bond acceptors (Lipinski definition) is 1. The lowest BCUT2D eigenvalue weighted by molar-refractivity contribution is 1.07. The maximum absolute atomic E-state index is 5.71. The van der Waals surface area contributed by atoms with Gasteiger partial charge in [0.05, 0.1) is 0 Å². The van der Waals surface area contributed by atoms with Crippen molar-refractivity contribution in [1.82, 2.24) is 0 Å². The van der Waals surface area contributed by atoms with Crippen molar-refractivity contribution in [3.05, 3.63) is 66.6 Å². The van der Waals surface area contributed by atoms with Crippen molar-refractivity contribution in [2.75, 3.05) is 0 Å². The highest BCUT2D eigenvalue weighted by Gasteiger charge is 2.01. The number of rotatable bonds is 2. The number of nitrogens with two attached hydrogens (primary N) is 1. The Morgan fingerprint density at radius 2 is 1.60 bits per heavy atom. The average Bonchev–Trinajstić information content (AvgIpc) is 2.30. The first-order valence-corrected chi connectivity index (χ1v) is 5.01. The van der Waals surface area contributed by atoms with Crippen molar-refractivity contribution in [2.45, 2.75) is 6.54 Å². The Labute approximate surface area is 90.6 Å². The summed E-state index contributed by atoms with van der Waals surface area (Å²) < 4.78 is 0. The van der Waals surface area contributed by atoms with Crippen LogP contribution in [0.2, 0.25) is 0 Å². The summed E-state index contributed by atoms with van der Waals surface area (Å²) in [5.41, 5.74) is 10.3. The molecule has 0 spiro atoms. The highest BCUT2D eigenvalue weighted by atomic mass is 14.5. The van der Waals surface area contributed by atoms with Gasteiger partial charge < -0.3 is 5.73 Å². The minimum atomic E-state index is 0.572. The van der Waals surface area contributed by atoms with Gasteiger partial charge in [-0.15, -0.1) is 0 Å². The molecule has 75 valence electrons. The van der Waals surface area contributed by atoms with Crippen molar-refractivity contribution in [3.8, 4) is 11.1 Å². The van der Waals surface area contributed by atoms with Crippen LogP contribution in [-0.4, -0.2) is 0 Å². The fourth-order valence-electron chi connectivity index (χ4n) is 1.66. The van der Waals surface area contributed by atoms with Crippen LogP contribution in [0.1, 0.15) is 11.1 Å². The minimum Gasteiger partial charge on any atom is -0.326 e. The van der Waals surface area contributed by atoms with Gasteiger partial charge in [0.2, 0.25) is 0 Å². The molecule has 0 saturated carbocycles. The van der Waals surface area contributed by atoms with E-state index < -0.39 is 0 Å². The molecule has 2 aromatic rings. The van der Waals surface area contributed by atoms with Crippen LogP contribution in [0, 0.1) is 6.92 Å². The Morgan fingerprint density at radius 3 is 2.27 bits per heavy atom. The van der Waals surface area contributed by atoms with Crippen LogP contribution in [0.15, 0.2) is 48.5 Å². The summed E-state index contributed by atoms with van der Waals surface area (Å²) in [5.74, 6) is 0. The first-order valence-electron chi connectivity index (χ1n) is 5.01. The molecular weight excluding hydrogens is 182 g/mol. The molecular formula is C14H14N. The zero-order chi connectivity index (χ0) is 10.7. The zero-order valence-electron chi connectivity index (χ0n) is 8.61. The van der Waals surface area contributed by atoms with E-state index in [2.05, 4.69) is 31.2 Å². The van der Waals surface area contributed by atoms with Crippen LogP contribution in [0.25, 0.3) is 11.1 Å². The molecule has 0 atom stereocenters. The molecule has 0 fully saturated rings. The Morgan fingerprint density at radius 1 is 0.933 bits per heavy atom. The van der Waals surface area contributed by atoms with Gasteiger partial charge in [-0.3, -0.25) is 0 Å². The summed E-state index contributed by atoms with van der Waals surface area (Å²) in [5, 5.41) is 0. The van der Waals surface area contributed by atoms with Crippen LogP contribution in [0.3, 0.4) is 0 Å². The summed E-state index contributed by atoms with van der Waals surface area (Å²) in [6.07, 6.45) is 0. The molecule has 15 heavy (non-hydrogen) atoms. The molecule has 0 aliphatic heterocycles. The third-order valence-corrected chi connectivity index (χ3v) is 2.50. The van der Waals surface area contributed by atoms with Crippen LogP contribution >= 0.6 is 0 Å². The van der Waals surface area contributed by atoms with E-state index in [-0.39, 0.29) is 0 Å². The minimum absolute atomic E-state index is 0.572. The van der Waals surface area contributed by atoms with Crippen molar-refractivity contribution >= 4 is 0 Å². The zero-order valence-corrected chi connectivity index (χ0v) is 8.61. The van der Waals surface area contributed by atoms with E-state index in [0.717, 1.165) is 5.56 Å². The summed E-state index contributed by atoms with van der Waals surface area (Å²) in [7, 11) is 0. The molecule has 2 aromatic carbocycles. The molecule has 0 aromatic heterocycles. The maximum atomic E-state index is 5.71. The molecule has 0 aliphatic rings. The molecule has 2 N–H and O–H groups in total. The summed E-state index contributed by atoms with van der Waals surface area (Å²) >= 11 is 0. The van der Waals surface area contributed by atoms with Crippen LogP contribution in [0.4, 0.5) is 0 Å². The molecule has 0 aliphatic carbocycles. The second-order valence-electron chi connectivity index (χ2n) is 3.56. The Kier molecular flexibility index (Phi) is 2.84. The van der Waals surface area contributed by atoms with E-state index in [1.807, 2.05) is 24.3 Å². The second kappa shape index (κ2) is 4.28. The fourth-order valence-corrected chi connectivity index (χ4v) is 1.66. The summed E-state index contributed by atoms with van der Waals surface area (Å²) in [6, 6.07) is 16.4. The van der Waals surface area contributed by atoms with Crippen LogP contribution in [-0.2, 0) is 6.54 Å². The van der Waals surface area contributed by atoms with E-state index in [4.69, 9.17) is 5.73 Å². The number of hydrogen-bond donors (Lipinski definition) is 1. The second-order valence-corrected chi connectivity index (χ2v) is 3.56. The molecule has 1 heteroatoms. The Balaban J connectivity index is 2.49. The maximum Gasteiger partial charge on any atom is 0.0184 e. The van der Waals surface area contributed by atoms with Gasteiger partial charge in [0.1, 0.15) is 0 Å². The predicted octanol–water partition coefficient (Wildman–Crippen LogP) is 2.99. The third kappa shape index (κ3) is 2.08. The van der Waals surface area contributed by atoms with Gasteiger partial charge in [-0.25, -0.2) is 0 Å². The van der Waals surface area contributed by atoms with Gasteiger partial charge in [0, 0.05) is 6.54 Å². The quantitative estimate of drug-likeness (QED) is 0.785. The first kappa shape index (κ1) is 9.94. The van der Waals surface area contributed by atoms with Gasteiger partial charge in [0.15, 0.2) is 0 Å². The lowest BCUT2D eigenvalue weighted by Gasteiger charge is -2.07. The molecule has 2 rings (SSSR count). The summed E-state index contributed by atoms with van der Waals surface area (Å²) in [4.78, 5) is 0. The molecule has 0 amide bonds. The smallest absolute Gasteiger partial charge is 0.0184 e. The normalized spacial score (nSPS) is 10.3. The standard InChI is InChI=1S/C14H14N/c1-11-6-8-12(9-7-11)14-5-3-2-4-13(14)10-15/h2-9H,1,10,15H2. The van der Waals surface area contributed by atoms with Gasteiger partial charge in [-0.1, -0.05) is 48.5 Å². The third-order valence-electron chi connectivity index (χ3n) is 2.50. The van der Waals surface area contributed by atoms with E-state index >= 15 is 0 Å². The van der Waals surface area contributed by atoms with Crippen molar-refractivity contribution < 1.29 is 0 Å². The first-order chi connectivity index (χ1) is 7.31. The van der Waals surface area contributed by atoms with Gasteiger partial charge in [-0.05, 0) is 29.2 Å². The fraction of sp³-hybridized carbons (Fsp3) is 0.0714. The monoisotopic (exact) mass is 196 g/mol. The molecule has 0 unspecified atom stereocenters. The molecule has 0 heterocycles. The summed E-state index contributed by atoms with van der Waals surface area (Å²) in [6.45, 7) is 4.44. The number of benzene rings is 2. The average molecular weight is 196 g/mol. The Hall–Kier alpha value is -1.60. The highest BCUT2D eigenvalue weighted by molar-refractivity contribution is 5.67. The van der Waals surface area contributed by atoms with Gasteiger partial charge in [-0.2, -0.15) is 0 Å².